The van der Waals surface area contributed by atoms with E-state index in [1.807, 2.05) is 32.0 Å². The van der Waals surface area contributed by atoms with Crippen LogP contribution >= 0.6 is 23.2 Å². The first-order valence-electron chi connectivity index (χ1n) is 13.1. The minimum atomic E-state index is -0.992. The Hall–Kier alpha value is -2.98. The van der Waals surface area contributed by atoms with E-state index < -0.39 is 5.79 Å². The largest absolute Gasteiger partial charge is 0.443 e. The molecule has 1 aromatic carbocycles. The molecule has 0 aliphatic carbocycles. The molecule has 2 aliphatic heterocycles. The predicted molar refractivity (Wildman–Crippen MR) is 148 cm³/mol. The Labute approximate surface area is 237 Å². The third kappa shape index (κ3) is 5.16. The van der Waals surface area contributed by atoms with Crippen molar-refractivity contribution in [2.24, 2.45) is 0 Å². The van der Waals surface area contributed by atoms with Crippen LogP contribution in [-0.4, -0.2) is 55.9 Å². The molecule has 1 fully saturated rings. The lowest BCUT2D eigenvalue weighted by Crippen LogP contribution is -2.34. The number of halogens is 2. The summed E-state index contributed by atoms with van der Waals surface area (Å²) in [4.78, 5) is 11.7. The van der Waals surface area contributed by atoms with Crippen molar-refractivity contribution in [1.82, 2.24) is 29.6 Å². The fraction of sp³-hybridized carbons (Fsp3) is 0.429. The molecule has 4 aromatic rings. The standard InChI is InChI=1S/C28H30Cl2N6O3/c1-17(37-3)15-36-25(32-21-13-24(30)33-34-27(21)36)16-35-11-9-18(10-12-35)20-5-4-6-22-26(20)39-28(2,38-22)23-8-7-19(29)14-31-23/h4-8,13-14,17-18H,9-12,15-16H2,1-3H3/t17-,28+/m1/s1. The number of pyridine rings is 1. The molecule has 0 saturated carbocycles. The maximum atomic E-state index is 6.44. The first kappa shape index (κ1) is 26.3. The number of hydrogen-bond donors (Lipinski definition) is 0. The second-order valence-corrected chi connectivity index (χ2v) is 11.1. The number of hydrogen-bond acceptors (Lipinski definition) is 8. The molecule has 11 heteroatoms. The SMILES string of the molecule is CO[C@H](C)Cn1c(CN2CCC(c3cccc4c3O[C@@](C)(c3ccc(Cl)cn3)O4)CC2)nc2cc(Cl)nnc21. The number of imidazole rings is 1. The van der Waals surface area contributed by atoms with E-state index in [1.54, 1.807) is 25.4 Å². The van der Waals surface area contributed by atoms with Gasteiger partial charge < -0.3 is 18.8 Å². The first-order valence-corrected chi connectivity index (χ1v) is 13.8. The van der Waals surface area contributed by atoms with Gasteiger partial charge in [0.15, 0.2) is 22.3 Å². The zero-order valence-electron chi connectivity index (χ0n) is 22.1. The van der Waals surface area contributed by atoms with Crippen molar-refractivity contribution >= 4 is 34.4 Å². The van der Waals surface area contributed by atoms with Gasteiger partial charge in [0.2, 0.25) is 0 Å². The Morgan fingerprint density at radius 3 is 2.69 bits per heavy atom. The summed E-state index contributed by atoms with van der Waals surface area (Å²) in [5, 5.41) is 9.26. The molecule has 2 atom stereocenters. The number of likely N-dealkylation sites (tertiary alicyclic amines) is 1. The van der Waals surface area contributed by atoms with Gasteiger partial charge in [-0.1, -0.05) is 35.3 Å². The maximum absolute atomic E-state index is 6.44. The van der Waals surface area contributed by atoms with Gasteiger partial charge in [-0.3, -0.25) is 9.88 Å². The average Bonchev–Trinajstić information content (AvgIpc) is 3.46. The van der Waals surface area contributed by atoms with Crippen LogP contribution in [0.25, 0.3) is 11.2 Å². The Kier molecular flexibility index (Phi) is 7.09. The molecule has 0 unspecified atom stereocenters. The van der Waals surface area contributed by atoms with Crippen LogP contribution in [0.15, 0.2) is 42.6 Å². The van der Waals surface area contributed by atoms with E-state index in [1.165, 1.54) is 5.56 Å². The van der Waals surface area contributed by atoms with Gasteiger partial charge in [0, 0.05) is 31.9 Å². The van der Waals surface area contributed by atoms with Crippen LogP contribution in [-0.2, 0) is 23.6 Å². The number of piperidine rings is 1. The quantitative estimate of drug-likeness (QED) is 0.285. The van der Waals surface area contributed by atoms with Gasteiger partial charge >= 0.3 is 0 Å². The topological polar surface area (TPSA) is 87.4 Å². The number of ether oxygens (including phenoxy) is 3. The summed E-state index contributed by atoms with van der Waals surface area (Å²) >= 11 is 12.1. The summed E-state index contributed by atoms with van der Waals surface area (Å²) < 4.78 is 20.3. The molecule has 0 spiro atoms. The van der Waals surface area contributed by atoms with Gasteiger partial charge in [-0.25, -0.2) is 4.98 Å². The number of rotatable bonds is 7. The molecule has 1 saturated heterocycles. The van der Waals surface area contributed by atoms with Gasteiger partial charge in [0.1, 0.15) is 17.0 Å². The summed E-state index contributed by atoms with van der Waals surface area (Å²) in [7, 11) is 1.71. The monoisotopic (exact) mass is 568 g/mol. The Bertz CT molecular complexity index is 1490. The number of nitrogens with zero attached hydrogens (tertiary/aromatic N) is 6. The van der Waals surface area contributed by atoms with Crippen LogP contribution < -0.4 is 9.47 Å². The van der Waals surface area contributed by atoms with Crippen LogP contribution in [0.1, 0.15) is 49.7 Å². The van der Waals surface area contributed by atoms with E-state index in [0.29, 0.717) is 34.9 Å². The summed E-state index contributed by atoms with van der Waals surface area (Å²) in [6, 6.07) is 11.5. The molecule has 39 heavy (non-hydrogen) atoms. The summed E-state index contributed by atoms with van der Waals surface area (Å²) in [6.07, 6.45) is 3.62. The zero-order valence-corrected chi connectivity index (χ0v) is 23.6. The molecule has 0 bridgehead atoms. The van der Waals surface area contributed by atoms with Gasteiger partial charge in [-0.15, -0.1) is 10.2 Å². The normalized spacial score (nSPS) is 20.5. The second kappa shape index (κ2) is 10.5. The fourth-order valence-electron chi connectivity index (χ4n) is 5.41. The van der Waals surface area contributed by atoms with Crippen molar-refractivity contribution in [3.05, 3.63) is 69.9 Å². The van der Waals surface area contributed by atoms with Crippen molar-refractivity contribution in [1.29, 1.82) is 0 Å². The molecule has 6 rings (SSSR count). The lowest BCUT2D eigenvalue weighted by Gasteiger charge is -2.32. The highest BCUT2D eigenvalue weighted by Gasteiger charge is 2.42. The smallest absolute Gasteiger partial charge is 0.292 e. The second-order valence-electron chi connectivity index (χ2n) is 10.3. The fourth-order valence-corrected chi connectivity index (χ4v) is 5.67. The van der Waals surface area contributed by atoms with Crippen LogP contribution in [0.2, 0.25) is 10.2 Å². The van der Waals surface area contributed by atoms with Crippen LogP contribution in [0.5, 0.6) is 11.5 Å². The zero-order chi connectivity index (χ0) is 27.1. The highest BCUT2D eigenvalue weighted by molar-refractivity contribution is 6.30. The molecule has 0 amide bonds. The Morgan fingerprint density at radius 2 is 1.95 bits per heavy atom. The van der Waals surface area contributed by atoms with Crippen LogP contribution in [0.4, 0.5) is 0 Å². The maximum Gasteiger partial charge on any atom is 0.292 e. The summed E-state index contributed by atoms with van der Waals surface area (Å²) in [6.45, 7) is 7.14. The lowest BCUT2D eigenvalue weighted by atomic mass is 9.88. The minimum absolute atomic E-state index is 0.0144. The van der Waals surface area contributed by atoms with E-state index in [4.69, 9.17) is 42.4 Å². The van der Waals surface area contributed by atoms with Crippen molar-refractivity contribution < 1.29 is 14.2 Å². The van der Waals surface area contributed by atoms with Crippen molar-refractivity contribution in [2.75, 3.05) is 20.2 Å². The highest BCUT2D eigenvalue weighted by atomic mass is 35.5. The minimum Gasteiger partial charge on any atom is -0.443 e. The molecule has 0 radical (unpaired) electrons. The van der Waals surface area contributed by atoms with E-state index in [0.717, 1.165) is 54.4 Å². The Morgan fingerprint density at radius 1 is 1.13 bits per heavy atom. The molecule has 2 aliphatic rings. The average molecular weight is 569 g/mol. The van der Waals surface area contributed by atoms with Crippen molar-refractivity contribution in [2.45, 2.75) is 57.6 Å². The van der Waals surface area contributed by atoms with Crippen molar-refractivity contribution in [3.63, 3.8) is 0 Å². The predicted octanol–water partition coefficient (Wildman–Crippen LogP) is 5.59. The van der Waals surface area contributed by atoms with Gasteiger partial charge in [0.05, 0.1) is 24.2 Å². The van der Waals surface area contributed by atoms with E-state index in [2.05, 4.69) is 30.7 Å². The number of benzene rings is 1. The van der Waals surface area contributed by atoms with E-state index in [-0.39, 0.29) is 6.10 Å². The molecule has 3 aromatic heterocycles. The van der Waals surface area contributed by atoms with Gasteiger partial charge in [0.25, 0.3) is 5.79 Å². The molecular formula is C28H30Cl2N6O3. The third-order valence-corrected chi connectivity index (χ3v) is 7.99. The van der Waals surface area contributed by atoms with Crippen LogP contribution in [0, 0.1) is 0 Å². The summed E-state index contributed by atoms with van der Waals surface area (Å²) in [5.41, 5.74) is 3.33. The molecule has 9 nitrogen and oxygen atoms in total. The molecular weight excluding hydrogens is 539 g/mol. The van der Waals surface area contributed by atoms with Crippen LogP contribution in [0.3, 0.4) is 0 Å². The first-order chi connectivity index (χ1) is 18.8. The van der Waals surface area contributed by atoms with Gasteiger partial charge in [-0.2, -0.15) is 0 Å². The number of methoxy groups -OCH3 is 1. The number of aromatic nitrogens is 5. The van der Waals surface area contributed by atoms with E-state index in [9.17, 15) is 0 Å². The summed E-state index contributed by atoms with van der Waals surface area (Å²) in [5.74, 6) is 1.86. The number of fused-ring (bicyclic) bond motifs is 2. The van der Waals surface area contributed by atoms with E-state index >= 15 is 0 Å². The molecule has 5 heterocycles. The Balaban J connectivity index is 1.17. The highest BCUT2D eigenvalue weighted by Crippen LogP contribution is 2.49. The molecule has 204 valence electrons. The van der Waals surface area contributed by atoms with Gasteiger partial charge in [-0.05, 0) is 57.0 Å². The third-order valence-electron chi connectivity index (χ3n) is 7.58. The van der Waals surface area contributed by atoms with Crippen molar-refractivity contribution in [3.8, 4) is 11.5 Å². The molecule has 0 N–H and O–H groups in total. The number of para-hydroxylation sites is 1. The lowest BCUT2D eigenvalue weighted by molar-refractivity contribution is -0.0722.